The second kappa shape index (κ2) is 11.2. The van der Waals surface area contributed by atoms with Crippen LogP contribution in [0.5, 0.6) is 0 Å². The van der Waals surface area contributed by atoms with Crippen LogP contribution in [0.2, 0.25) is 0 Å². The maximum absolute atomic E-state index is 13.4. The smallest absolute Gasteiger partial charge is 0.224 e. The fourth-order valence-corrected chi connectivity index (χ4v) is 5.65. The van der Waals surface area contributed by atoms with Crippen molar-refractivity contribution < 1.29 is 9.18 Å². The van der Waals surface area contributed by atoms with E-state index in [4.69, 9.17) is 0 Å². The molecule has 1 aromatic carbocycles. The van der Waals surface area contributed by atoms with E-state index >= 15 is 0 Å². The lowest BCUT2D eigenvalue weighted by Crippen LogP contribution is -2.39. The molecule has 3 aromatic rings. The number of nitrogens with zero attached hydrogens (tertiary/aromatic N) is 3. The number of allylic oxidation sites excluding steroid dienone is 1. The Balaban J connectivity index is 1.47. The average Bonchev–Trinajstić information content (AvgIpc) is 3.34. The minimum atomic E-state index is -0.254. The quantitative estimate of drug-likeness (QED) is 0.348. The van der Waals surface area contributed by atoms with Crippen LogP contribution in [-0.4, -0.2) is 26.7 Å². The molecule has 1 amide bonds. The number of hydrogen-bond acceptors (Lipinski definition) is 3. The molecule has 1 saturated carbocycles. The lowest BCUT2D eigenvalue weighted by Gasteiger charge is -2.35. The molecule has 6 heteroatoms. The van der Waals surface area contributed by atoms with Crippen LogP contribution in [0.25, 0.3) is 5.69 Å². The number of benzene rings is 1. The monoisotopic (exact) mass is 488 g/mol. The van der Waals surface area contributed by atoms with Crippen LogP contribution in [0.15, 0.2) is 67.1 Å². The highest BCUT2D eigenvalue weighted by atomic mass is 19.1. The number of aromatic nitrogens is 3. The molecule has 1 aliphatic carbocycles. The summed E-state index contributed by atoms with van der Waals surface area (Å²) in [5, 5.41) is 7.93. The fraction of sp³-hybridized carbons (Fsp3) is 0.433. The van der Waals surface area contributed by atoms with E-state index in [1.165, 1.54) is 23.3 Å². The first-order chi connectivity index (χ1) is 17.3. The van der Waals surface area contributed by atoms with Crippen LogP contribution in [0.4, 0.5) is 4.39 Å². The maximum atomic E-state index is 13.4. The van der Waals surface area contributed by atoms with Gasteiger partial charge in [-0.05, 0) is 97.9 Å². The second-order valence-electron chi connectivity index (χ2n) is 10.4. The summed E-state index contributed by atoms with van der Waals surface area (Å²) in [6, 6.07) is 10.3. The largest absolute Gasteiger partial charge is 0.353 e. The number of amides is 1. The van der Waals surface area contributed by atoms with Gasteiger partial charge in [-0.25, -0.2) is 9.07 Å². The SMILES string of the molecule is C=C1CC[C@H](CC(CCC)NC(=O)Cc2ccncc2)[C@@]1(C)Cc1cnn(-c2ccc(F)cc2)c1C. The van der Waals surface area contributed by atoms with Gasteiger partial charge in [0.25, 0.3) is 0 Å². The molecular formula is C30H37FN4O. The lowest BCUT2D eigenvalue weighted by molar-refractivity contribution is -0.121. The Kier molecular flexibility index (Phi) is 8.02. The van der Waals surface area contributed by atoms with Gasteiger partial charge in [-0.3, -0.25) is 9.78 Å². The van der Waals surface area contributed by atoms with E-state index in [0.717, 1.165) is 55.5 Å². The third-order valence-electron chi connectivity index (χ3n) is 7.93. The van der Waals surface area contributed by atoms with Crippen molar-refractivity contribution in [1.82, 2.24) is 20.1 Å². The Morgan fingerprint density at radius 1 is 1.25 bits per heavy atom. The Labute approximate surface area is 213 Å². The van der Waals surface area contributed by atoms with E-state index in [2.05, 4.69) is 42.7 Å². The van der Waals surface area contributed by atoms with Gasteiger partial charge >= 0.3 is 0 Å². The van der Waals surface area contributed by atoms with Crippen molar-refractivity contribution in [3.63, 3.8) is 0 Å². The minimum Gasteiger partial charge on any atom is -0.353 e. The first-order valence-electron chi connectivity index (χ1n) is 13.0. The minimum absolute atomic E-state index is 0.0644. The summed E-state index contributed by atoms with van der Waals surface area (Å²) in [4.78, 5) is 16.8. The van der Waals surface area contributed by atoms with E-state index in [1.54, 1.807) is 24.5 Å². The van der Waals surface area contributed by atoms with Crippen molar-refractivity contribution in [2.75, 3.05) is 0 Å². The number of halogens is 1. The number of rotatable bonds is 10. The molecule has 0 bridgehead atoms. The predicted molar refractivity (Wildman–Crippen MR) is 141 cm³/mol. The van der Waals surface area contributed by atoms with E-state index in [-0.39, 0.29) is 23.2 Å². The third-order valence-corrected chi connectivity index (χ3v) is 7.93. The molecule has 1 unspecified atom stereocenters. The van der Waals surface area contributed by atoms with Crippen molar-refractivity contribution in [2.45, 2.75) is 71.8 Å². The van der Waals surface area contributed by atoms with Crippen LogP contribution in [0.1, 0.15) is 62.8 Å². The third kappa shape index (κ3) is 5.75. The summed E-state index contributed by atoms with van der Waals surface area (Å²) in [7, 11) is 0. The molecule has 0 aliphatic heterocycles. The summed E-state index contributed by atoms with van der Waals surface area (Å²) >= 11 is 0. The molecule has 36 heavy (non-hydrogen) atoms. The van der Waals surface area contributed by atoms with Crippen LogP contribution < -0.4 is 5.32 Å². The molecule has 2 heterocycles. The standard InChI is InChI=1S/C30H37FN4O/c1-5-6-27(34-29(36)17-23-13-15-32-16-14-23)18-25-8-7-21(2)30(25,4)19-24-20-33-35(22(24)3)28-11-9-26(31)10-12-28/h9-16,20,25,27H,2,5-8,17-19H2,1,3-4H3,(H,34,36)/t25-,27?,30+/m1/s1. The summed E-state index contributed by atoms with van der Waals surface area (Å²) < 4.78 is 15.3. The number of hydrogen-bond donors (Lipinski definition) is 1. The topological polar surface area (TPSA) is 59.8 Å². The zero-order valence-corrected chi connectivity index (χ0v) is 21.6. The summed E-state index contributed by atoms with van der Waals surface area (Å²) in [5.74, 6) is 0.238. The van der Waals surface area contributed by atoms with E-state index in [1.807, 2.05) is 23.0 Å². The maximum Gasteiger partial charge on any atom is 0.224 e. The Hall–Kier alpha value is -3.28. The van der Waals surface area contributed by atoms with Gasteiger partial charge in [0.05, 0.1) is 18.3 Å². The Morgan fingerprint density at radius 2 is 1.97 bits per heavy atom. The van der Waals surface area contributed by atoms with Crippen LogP contribution in [0.3, 0.4) is 0 Å². The average molecular weight is 489 g/mol. The molecule has 1 N–H and O–H groups in total. The van der Waals surface area contributed by atoms with Gasteiger partial charge in [0.2, 0.25) is 5.91 Å². The number of pyridine rings is 1. The van der Waals surface area contributed by atoms with Crippen molar-refractivity contribution >= 4 is 5.91 Å². The highest BCUT2D eigenvalue weighted by Gasteiger charge is 2.43. The predicted octanol–water partition coefficient (Wildman–Crippen LogP) is 6.15. The highest BCUT2D eigenvalue weighted by molar-refractivity contribution is 5.78. The molecule has 1 aliphatic rings. The summed E-state index contributed by atoms with van der Waals surface area (Å²) in [6.45, 7) is 11.0. The Morgan fingerprint density at radius 3 is 2.67 bits per heavy atom. The van der Waals surface area contributed by atoms with Gasteiger partial charge in [-0.1, -0.05) is 32.4 Å². The van der Waals surface area contributed by atoms with E-state index in [0.29, 0.717) is 12.3 Å². The number of carbonyl (C=O) groups is 1. The van der Waals surface area contributed by atoms with Crippen LogP contribution >= 0.6 is 0 Å². The normalized spacial score (nSPS) is 20.4. The molecule has 4 rings (SSSR count). The summed E-state index contributed by atoms with van der Waals surface area (Å²) in [5.41, 5.74) is 5.29. The van der Waals surface area contributed by atoms with E-state index < -0.39 is 0 Å². The van der Waals surface area contributed by atoms with Crippen molar-refractivity contribution in [2.24, 2.45) is 11.3 Å². The van der Waals surface area contributed by atoms with Crippen LogP contribution in [0, 0.1) is 24.1 Å². The number of nitrogens with one attached hydrogen (secondary N) is 1. The van der Waals surface area contributed by atoms with Gasteiger partial charge in [0, 0.05) is 24.1 Å². The molecule has 0 saturated heterocycles. The van der Waals surface area contributed by atoms with Gasteiger partial charge in [-0.2, -0.15) is 5.10 Å². The molecule has 0 radical (unpaired) electrons. The van der Waals surface area contributed by atoms with Crippen LogP contribution in [-0.2, 0) is 17.6 Å². The van der Waals surface area contributed by atoms with E-state index in [9.17, 15) is 9.18 Å². The lowest BCUT2D eigenvalue weighted by atomic mass is 9.70. The van der Waals surface area contributed by atoms with Crippen molar-refractivity contribution in [3.05, 3.63) is 89.8 Å². The molecule has 3 atom stereocenters. The molecule has 2 aromatic heterocycles. The second-order valence-corrected chi connectivity index (χ2v) is 10.4. The zero-order valence-electron chi connectivity index (χ0n) is 21.6. The van der Waals surface area contributed by atoms with Crippen molar-refractivity contribution in [3.8, 4) is 5.69 Å². The summed E-state index contributed by atoms with van der Waals surface area (Å²) in [6.07, 6.45) is 11.6. The zero-order chi connectivity index (χ0) is 25.7. The van der Waals surface area contributed by atoms with Gasteiger partial charge in [0.15, 0.2) is 0 Å². The molecular weight excluding hydrogens is 451 g/mol. The first-order valence-corrected chi connectivity index (χ1v) is 13.0. The molecule has 190 valence electrons. The Bertz CT molecular complexity index is 1190. The molecule has 5 nitrogen and oxygen atoms in total. The molecule has 0 spiro atoms. The highest BCUT2D eigenvalue weighted by Crippen LogP contribution is 2.51. The van der Waals surface area contributed by atoms with Gasteiger partial charge in [-0.15, -0.1) is 0 Å². The number of carbonyl (C=O) groups excluding carboxylic acids is 1. The van der Waals surface area contributed by atoms with Gasteiger partial charge in [0.1, 0.15) is 5.82 Å². The first kappa shape index (κ1) is 25.8. The fourth-order valence-electron chi connectivity index (χ4n) is 5.65. The van der Waals surface area contributed by atoms with Gasteiger partial charge < -0.3 is 5.32 Å². The van der Waals surface area contributed by atoms with Crippen molar-refractivity contribution in [1.29, 1.82) is 0 Å². The molecule has 1 fully saturated rings.